The van der Waals surface area contributed by atoms with Gasteiger partial charge >= 0.3 is 0 Å². The first kappa shape index (κ1) is 16.1. The summed E-state index contributed by atoms with van der Waals surface area (Å²) in [5.74, 6) is 0.433. The van der Waals surface area contributed by atoms with Crippen molar-refractivity contribution in [1.82, 2.24) is 5.32 Å². The summed E-state index contributed by atoms with van der Waals surface area (Å²) in [4.78, 5) is 4.14. The van der Waals surface area contributed by atoms with E-state index in [9.17, 15) is 0 Å². The number of guanidine groups is 1. The van der Waals surface area contributed by atoms with Crippen molar-refractivity contribution in [3.05, 3.63) is 33.8 Å². The molecule has 6 heteroatoms. The van der Waals surface area contributed by atoms with Crippen LogP contribution in [0.1, 0.15) is 19.4 Å². The van der Waals surface area contributed by atoms with Gasteiger partial charge < -0.3 is 15.8 Å². The average Bonchev–Trinajstić information content (AvgIpc) is 2.30. The van der Waals surface area contributed by atoms with Crippen LogP contribution in [0.2, 0.25) is 10.0 Å². The van der Waals surface area contributed by atoms with Gasteiger partial charge in [-0.1, -0.05) is 29.3 Å². The molecule has 1 aromatic carbocycles. The molecule has 19 heavy (non-hydrogen) atoms. The first-order valence-electron chi connectivity index (χ1n) is 6.07. The predicted octanol–water partition coefficient (Wildman–Crippen LogP) is 2.82. The van der Waals surface area contributed by atoms with E-state index in [0.717, 1.165) is 5.56 Å². The van der Waals surface area contributed by atoms with Gasteiger partial charge in [-0.25, -0.2) is 0 Å². The Labute approximate surface area is 123 Å². The van der Waals surface area contributed by atoms with Gasteiger partial charge in [0, 0.05) is 16.1 Å². The summed E-state index contributed by atoms with van der Waals surface area (Å²) in [6.07, 6.45) is 0. The molecule has 1 rings (SSSR count). The Kier molecular flexibility index (Phi) is 6.99. The Hall–Kier alpha value is -0.970. The fraction of sp³-hybridized carbons (Fsp3) is 0.462. The van der Waals surface area contributed by atoms with Gasteiger partial charge in [0.1, 0.15) is 0 Å². The van der Waals surface area contributed by atoms with E-state index in [1.54, 1.807) is 12.1 Å². The summed E-state index contributed by atoms with van der Waals surface area (Å²) in [6.45, 7) is 5.43. The zero-order valence-corrected chi connectivity index (χ0v) is 12.6. The van der Waals surface area contributed by atoms with Crippen LogP contribution in [-0.4, -0.2) is 25.2 Å². The molecule has 0 aliphatic carbocycles. The predicted molar refractivity (Wildman–Crippen MR) is 80.9 cm³/mol. The van der Waals surface area contributed by atoms with E-state index in [0.29, 0.717) is 35.8 Å². The molecule has 0 aliphatic heterocycles. The van der Waals surface area contributed by atoms with Gasteiger partial charge in [-0.3, -0.25) is 4.99 Å². The van der Waals surface area contributed by atoms with Crippen molar-refractivity contribution in [2.45, 2.75) is 26.5 Å². The van der Waals surface area contributed by atoms with Crippen molar-refractivity contribution in [3.63, 3.8) is 0 Å². The lowest BCUT2D eigenvalue weighted by molar-refractivity contribution is 0.128. The van der Waals surface area contributed by atoms with Crippen LogP contribution in [0.3, 0.4) is 0 Å². The van der Waals surface area contributed by atoms with Gasteiger partial charge in [-0.05, 0) is 31.5 Å². The topological polar surface area (TPSA) is 59.6 Å². The Bertz CT molecular complexity index is 436. The highest BCUT2D eigenvalue weighted by atomic mass is 35.5. The molecule has 3 N–H and O–H groups in total. The minimum Gasteiger partial charge on any atom is -0.375 e. The second kappa shape index (κ2) is 8.25. The van der Waals surface area contributed by atoms with Gasteiger partial charge in [0.2, 0.25) is 0 Å². The van der Waals surface area contributed by atoms with E-state index in [-0.39, 0.29) is 6.04 Å². The number of aliphatic imine (C=N–C) groups is 1. The van der Waals surface area contributed by atoms with Gasteiger partial charge in [0.15, 0.2) is 5.96 Å². The maximum absolute atomic E-state index is 6.03. The molecule has 0 aliphatic rings. The highest BCUT2D eigenvalue weighted by molar-refractivity contribution is 6.35. The number of rotatable bonds is 6. The minimum atomic E-state index is 0.276. The highest BCUT2D eigenvalue weighted by Crippen LogP contribution is 2.21. The number of ether oxygens (including phenoxy) is 1. The van der Waals surface area contributed by atoms with E-state index in [1.807, 2.05) is 19.9 Å². The van der Waals surface area contributed by atoms with Crippen LogP contribution in [0, 0.1) is 0 Å². The lowest BCUT2D eigenvalue weighted by Gasteiger charge is -2.09. The molecule has 1 aromatic rings. The molecule has 0 fully saturated rings. The minimum absolute atomic E-state index is 0.276. The summed E-state index contributed by atoms with van der Waals surface area (Å²) in [6, 6.07) is 5.61. The SMILES string of the molecule is CC(C)NC(N)=NCCOCc1ccc(Cl)cc1Cl. The molecule has 0 aromatic heterocycles. The van der Waals surface area contributed by atoms with Crippen LogP contribution < -0.4 is 11.1 Å². The van der Waals surface area contributed by atoms with Crippen molar-refractivity contribution >= 4 is 29.2 Å². The molecular formula is C13H19Cl2N3O. The fourth-order valence-corrected chi connectivity index (χ4v) is 1.86. The van der Waals surface area contributed by atoms with Crippen molar-refractivity contribution in [3.8, 4) is 0 Å². The van der Waals surface area contributed by atoms with Gasteiger partial charge in [-0.2, -0.15) is 0 Å². The van der Waals surface area contributed by atoms with E-state index in [1.165, 1.54) is 0 Å². The number of halogens is 2. The fourth-order valence-electron chi connectivity index (χ4n) is 1.39. The Morgan fingerprint density at radius 2 is 2.16 bits per heavy atom. The van der Waals surface area contributed by atoms with Crippen LogP contribution >= 0.6 is 23.2 Å². The molecule has 106 valence electrons. The van der Waals surface area contributed by atoms with Crippen LogP contribution in [0.15, 0.2) is 23.2 Å². The second-order valence-electron chi connectivity index (χ2n) is 4.35. The number of nitrogens with two attached hydrogens (primary N) is 1. The quantitative estimate of drug-likeness (QED) is 0.483. The summed E-state index contributed by atoms with van der Waals surface area (Å²) >= 11 is 11.8. The Morgan fingerprint density at radius 3 is 2.79 bits per heavy atom. The van der Waals surface area contributed by atoms with Crippen LogP contribution in [0.5, 0.6) is 0 Å². The number of nitrogens with one attached hydrogen (secondary N) is 1. The normalized spacial score (nSPS) is 11.9. The summed E-state index contributed by atoms with van der Waals surface area (Å²) < 4.78 is 5.48. The lowest BCUT2D eigenvalue weighted by atomic mass is 10.2. The van der Waals surface area contributed by atoms with Gasteiger partial charge in [0.05, 0.1) is 19.8 Å². The number of hydrogen-bond donors (Lipinski definition) is 2. The van der Waals surface area contributed by atoms with Crippen LogP contribution in [0.4, 0.5) is 0 Å². The zero-order valence-electron chi connectivity index (χ0n) is 11.1. The third kappa shape index (κ3) is 6.66. The van der Waals surface area contributed by atoms with Crippen molar-refractivity contribution in [1.29, 1.82) is 0 Å². The second-order valence-corrected chi connectivity index (χ2v) is 5.20. The zero-order chi connectivity index (χ0) is 14.3. The van der Waals surface area contributed by atoms with Crippen LogP contribution in [-0.2, 0) is 11.3 Å². The molecule has 0 unspecified atom stereocenters. The molecular weight excluding hydrogens is 285 g/mol. The van der Waals surface area contributed by atoms with Crippen molar-refractivity contribution in [2.75, 3.05) is 13.2 Å². The third-order valence-corrected chi connectivity index (χ3v) is 2.81. The number of hydrogen-bond acceptors (Lipinski definition) is 2. The molecule has 0 saturated heterocycles. The Balaban J connectivity index is 2.27. The summed E-state index contributed by atoms with van der Waals surface area (Å²) in [5, 5.41) is 4.23. The largest absolute Gasteiger partial charge is 0.375 e. The molecule has 0 radical (unpaired) electrons. The number of nitrogens with zero attached hydrogens (tertiary/aromatic N) is 1. The molecule has 0 spiro atoms. The third-order valence-electron chi connectivity index (χ3n) is 2.23. The van der Waals surface area contributed by atoms with Gasteiger partial charge in [-0.15, -0.1) is 0 Å². The van der Waals surface area contributed by atoms with Gasteiger partial charge in [0.25, 0.3) is 0 Å². The Morgan fingerprint density at radius 1 is 1.42 bits per heavy atom. The van der Waals surface area contributed by atoms with Crippen molar-refractivity contribution in [2.24, 2.45) is 10.7 Å². The molecule has 0 saturated carbocycles. The molecule has 0 bridgehead atoms. The van der Waals surface area contributed by atoms with E-state index >= 15 is 0 Å². The average molecular weight is 304 g/mol. The molecule has 4 nitrogen and oxygen atoms in total. The van der Waals surface area contributed by atoms with E-state index < -0.39 is 0 Å². The highest BCUT2D eigenvalue weighted by Gasteiger charge is 2.01. The first-order chi connectivity index (χ1) is 8.99. The monoisotopic (exact) mass is 303 g/mol. The molecule has 0 amide bonds. The molecule has 0 heterocycles. The summed E-state index contributed by atoms with van der Waals surface area (Å²) in [5.41, 5.74) is 6.56. The van der Waals surface area contributed by atoms with E-state index in [2.05, 4.69) is 10.3 Å². The maximum Gasteiger partial charge on any atom is 0.188 e. The maximum atomic E-state index is 6.03. The number of benzene rings is 1. The van der Waals surface area contributed by atoms with E-state index in [4.69, 9.17) is 33.7 Å². The van der Waals surface area contributed by atoms with Crippen molar-refractivity contribution < 1.29 is 4.74 Å². The standard InChI is InChI=1S/C13H19Cl2N3O/c1-9(2)18-13(16)17-5-6-19-8-10-3-4-11(14)7-12(10)15/h3-4,7,9H,5-6,8H2,1-2H3,(H3,16,17,18). The van der Waals surface area contributed by atoms with Crippen LogP contribution in [0.25, 0.3) is 0 Å². The smallest absolute Gasteiger partial charge is 0.188 e. The summed E-state index contributed by atoms with van der Waals surface area (Å²) in [7, 11) is 0. The lowest BCUT2D eigenvalue weighted by Crippen LogP contribution is -2.37. The molecule has 0 atom stereocenters. The first-order valence-corrected chi connectivity index (χ1v) is 6.82.